The van der Waals surface area contributed by atoms with Gasteiger partial charge in [0.1, 0.15) is 0 Å². The number of hydrogen-bond acceptors (Lipinski definition) is 2. The molecule has 0 heterocycles. The largest absolute Gasteiger partial charge is 0.369 e. The second-order valence-corrected chi connectivity index (χ2v) is 2.32. The van der Waals surface area contributed by atoms with Crippen molar-refractivity contribution in [3.63, 3.8) is 0 Å². The van der Waals surface area contributed by atoms with E-state index in [1.54, 1.807) is 0 Å². The van der Waals surface area contributed by atoms with Gasteiger partial charge in [-0.25, -0.2) is 0 Å². The zero-order chi connectivity index (χ0) is 7.98. The van der Waals surface area contributed by atoms with Crippen molar-refractivity contribution in [3.05, 3.63) is 0 Å². The Morgan fingerprint density at radius 3 is 2.70 bits per heavy atom. The van der Waals surface area contributed by atoms with E-state index >= 15 is 0 Å². The van der Waals surface area contributed by atoms with Gasteiger partial charge in [-0.3, -0.25) is 4.79 Å². The molecule has 3 N–H and O–H groups in total. The van der Waals surface area contributed by atoms with Crippen molar-refractivity contribution in [2.45, 2.75) is 26.2 Å². The van der Waals surface area contributed by atoms with Gasteiger partial charge < -0.3 is 11.1 Å². The van der Waals surface area contributed by atoms with Crippen LogP contribution < -0.4 is 5.73 Å². The molecule has 0 rings (SSSR count). The molecule has 3 nitrogen and oxygen atoms in total. The van der Waals surface area contributed by atoms with Crippen LogP contribution in [0.5, 0.6) is 0 Å². The molecule has 1 amide bonds. The van der Waals surface area contributed by atoms with Crippen LogP contribution >= 0.6 is 0 Å². The summed E-state index contributed by atoms with van der Waals surface area (Å²) >= 11 is 0. The maximum absolute atomic E-state index is 10.5. The van der Waals surface area contributed by atoms with Gasteiger partial charge in [0.25, 0.3) is 0 Å². The third-order valence-corrected chi connectivity index (χ3v) is 1.44. The first-order chi connectivity index (χ1) is 4.72. The van der Waals surface area contributed by atoms with Crippen LogP contribution in [0.15, 0.2) is 0 Å². The van der Waals surface area contributed by atoms with Crippen LogP contribution in [0.3, 0.4) is 0 Å². The van der Waals surface area contributed by atoms with Gasteiger partial charge in [-0.1, -0.05) is 19.8 Å². The Bertz CT molecular complexity index is 123. The molecule has 0 saturated carbocycles. The molecule has 0 aromatic carbocycles. The molecule has 0 spiro atoms. The summed E-state index contributed by atoms with van der Waals surface area (Å²) < 4.78 is 0. The Balaban J connectivity index is 3.60. The molecule has 1 unspecified atom stereocenters. The average molecular weight is 142 g/mol. The summed E-state index contributed by atoms with van der Waals surface area (Å²) in [6.45, 7) is 2.04. The predicted octanol–water partition coefficient (Wildman–Crippen LogP) is 0.928. The minimum atomic E-state index is -0.386. The SMILES string of the molecule is CCCCC(C=N)C(N)=O. The molecule has 10 heavy (non-hydrogen) atoms. The summed E-state index contributed by atoms with van der Waals surface area (Å²) in [6.07, 6.45) is 3.84. The van der Waals surface area contributed by atoms with E-state index < -0.39 is 0 Å². The van der Waals surface area contributed by atoms with Crippen molar-refractivity contribution in [2.75, 3.05) is 0 Å². The molecule has 0 aromatic rings. The molecule has 0 aliphatic rings. The second-order valence-electron chi connectivity index (χ2n) is 2.32. The first-order valence-corrected chi connectivity index (χ1v) is 3.52. The standard InChI is InChI=1S/C7H14N2O/c1-2-3-4-6(5-8)7(9)10/h5-6,8H,2-4H2,1H3,(H2,9,10). The van der Waals surface area contributed by atoms with E-state index in [9.17, 15) is 4.79 Å². The molecule has 0 aliphatic carbocycles. The van der Waals surface area contributed by atoms with Gasteiger partial charge in [-0.05, 0) is 6.42 Å². The van der Waals surface area contributed by atoms with Gasteiger partial charge in [0.15, 0.2) is 0 Å². The van der Waals surface area contributed by atoms with Crippen LogP contribution in [-0.2, 0) is 4.79 Å². The predicted molar refractivity (Wildman–Crippen MR) is 41.0 cm³/mol. The van der Waals surface area contributed by atoms with Crippen molar-refractivity contribution in [3.8, 4) is 0 Å². The first-order valence-electron chi connectivity index (χ1n) is 3.52. The van der Waals surface area contributed by atoms with Crippen LogP contribution in [-0.4, -0.2) is 12.1 Å². The third-order valence-electron chi connectivity index (χ3n) is 1.44. The molecule has 3 heteroatoms. The highest BCUT2D eigenvalue weighted by atomic mass is 16.1. The number of hydrogen-bond donors (Lipinski definition) is 2. The number of carbonyl (C=O) groups excluding carboxylic acids is 1. The Morgan fingerprint density at radius 1 is 1.80 bits per heavy atom. The maximum Gasteiger partial charge on any atom is 0.225 e. The molecule has 0 radical (unpaired) electrons. The smallest absolute Gasteiger partial charge is 0.225 e. The van der Waals surface area contributed by atoms with Crippen molar-refractivity contribution in [2.24, 2.45) is 11.7 Å². The maximum atomic E-state index is 10.5. The summed E-state index contributed by atoms with van der Waals surface area (Å²) in [5.41, 5.74) is 5.00. The second kappa shape index (κ2) is 4.97. The van der Waals surface area contributed by atoms with Crippen molar-refractivity contribution in [1.29, 1.82) is 5.41 Å². The van der Waals surface area contributed by atoms with E-state index in [0.29, 0.717) is 0 Å². The van der Waals surface area contributed by atoms with Crippen molar-refractivity contribution >= 4 is 12.1 Å². The molecule has 0 bridgehead atoms. The number of nitrogens with two attached hydrogens (primary N) is 1. The van der Waals surface area contributed by atoms with Crippen LogP contribution in [0.25, 0.3) is 0 Å². The van der Waals surface area contributed by atoms with Crippen LogP contribution in [0, 0.1) is 11.3 Å². The normalized spacial score (nSPS) is 12.5. The zero-order valence-electron chi connectivity index (χ0n) is 6.26. The summed E-state index contributed by atoms with van der Waals surface area (Å²) in [5.74, 6) is -0.733. The molecule has 58 valence electrons. The molecular weight excluding hydrogens is 128 g/mol. The van der Waals surface area contributed by atoms with Crippen LogP contribution in [0.4, 0.5) is 0 Å². The van der Waals surface area contributed by atoms with E-state index in [4.69, 9.17) is 11.1 Å². The lowest BCUT2D eigenvalue weighted by molar-refractivity contribution is -0.119. The third kappa shape index (κ3) is 3.22. The number of nitrogens with one attached hydrogen (secondary N) is 1. The fourth-order valence-electron chi connectivity index (χ4n) is 0.732. The fraction of sp³-hybridized carbons (Fsp3) is 0.714. The lowest BCUT2D eigenvalue weighted by atomic mass is 10.0. The van der Waals surface area contributed by atoms with E-state index in [1.165, 1.54) is 0 Å². The van der Waals surface area contributed by atoms with Gasteiger partial charge in [0.05, 0.1) is 5.92 Å². The number of primary amides is 1. The van der Waals surface area contributed by atoms with E-state index in [2.05, 4.69) is 0 Å². The summed E-state index contributed by atoms with van der Waals surface area (Å²) in [4.78, 5) is 10.5. The van der Waals surface area contributed by atoms with Crippen molar-refractivity contribution < 1.29 is 4.79 Å². The number of carbonyl (C=O) groups is 1. The molecule has 1 atom stereocenters. The van der Waals surface area contributed by atoms with E-state index in [1.807, 2.05) is 6.92 Å². The lowest BCUT2D eigenvalue weighted by Crippen LogP contribution is -2.23. The monoisotopic (exact) mass is 142 g/mol. The van der Waals surface area contributed by atoms with Gasteiger partial charge >= 0.3 is 0 Å². The minimum Gasteiger partial charge on any atom is -0.369 e. The van der Waals surface area contributed by atoms with Gasteiger partial charge in [-0.15, -0.1) is 0 Å². The summed E-state index contributed by atoms with van der Waals surface area (Å²) in [5, 5.41) is 6.84. The minimum absolute atomic E-state index is 0.347. The Hall–Kier alpha value is -0.860. The average Bonchev–Trinajstić information content (AvgIpc) is 1.89. The van der Waals surface area contributed by atoms with Gasteiger partial charge in [0, 0.05) is 6.21 Å². The molecule has 0 aromatic heterocycles. The fourth-order valence-corrected chi connectivity index (χ4v) is 0.732. The molecule has 0 saturated heterocycles. The topological polar surface area (TPSA) is 66.9 Å². The van der Waals surface area contributed by atoms with Crippen LogP contribution in [0.2, 0.25) is 0 Å². The highest BCUT2D eigenvalue weighted by Crippen LogP contribution is 2.04. The zero-order valence-corrected chi connectivity index (χ0v) is 6.26. The number of unbranched alkanes of at least 4 members (excludes halogenated alkanes) is 1. The highest BCUT2D eigenvalue weighted by Gasteiger charge is 2.09. The summed E-state index contributed by atoms with van der Waals surface area (Å²) in [7, 11) is 0. The van der Waals surface area contributed by atoms with E-state index in [-0.39, 0.29) is 11.8 Å². The lowest BCUT2D eigenvalue weighted by Gasteiger charge is -2.03. The van der Waals surface area contributed by atoms with Crippen molar-refractivity contribution in [1.82, 2.24) is 0 Å². The Kier molecular flexibility index (Phi) is 4.54. The molecule has 0 aliphatic heterocycles. The van der Waals surface area contributed by atoms with Gasteiger partial charge in [-0.2, -0.15) is 0 Å². The van der Waals surface area contributed by atoms with Crippen LogP contribution in [0.1, 0.15) is 26.2 Å². The highest BCUT2D eigenvalue weighted by molar-refractivity contribution is 5.91. The number of amides is 1. The summed E-state index contributed by atoms with van der Waals surface area (Å²) in [6, 6.07) is 0. The van der Waals surface area contributed by atoms with Gasteiger partial charge in [0.2, 0.25) is 5.91 Å². The Morgan fingerprint density at radius 2 is 2.40 bits per heavy atom. The number of rotatable bonds is 5. The Labute approximate surface area is 61.1 Å². The quantitative estimate of drug-likeness (QED) is 0.551. The van der Waals surface area contributed by atoms with E-state index in [0.717, 1.165) is 25.5 Å². The molecular formula is C7H14N2O. The molecule has 0 fully saturated rings. The first kappa shape index (κ1) is 9.14.